The first-order valence-corrected chi connectivity index (χ1v) is 17.3. The van der Waals surface area contributed by atoms with Crippen molar-refractivity contribution >= 4 is 40.2 Å². The van der Waals surface area contributed by atoms with Gasteiger partial charge < -0.3 is 5.73 Å². The molecule has 0 saturated carbocycles. The van der Waals surface area contributed by atoms with Crippen LogP contribution in [0.15, 0.2) is 66.9 Å². The molecule has 210 valence electrons. The fraction of sp³-hybridized carbons (Fsp3) is 0.281. The fourth-order valence-corrected chi connectivity index (χ4v) is 7.28. The van der Waals surface area contributed by atoms with Crippen LogP contribution >= 0.6 is 6.60 Å². The summed E-state index contributed by atoms with van der Waals surface area (Å²) in [4.78, 5) is 21.1. The van der Waals surface area contributed by atoms with Crippen molar-refractivity contribution < 1.29 is 9.18 Å². The third-order valence-corrected chi connectivity index (χ3v) is 12.1. The summed E-state index contributed by atoms with van der Waals surface area (Å²) in [5, 5.41) is 8.53. The summed E-state index contributed by atoms with van der Waals surface area (Å²) in [6.45, 7) is 12.1. The fourth-order valence-electron chi connectivity index (χ4n) is 4.97. The number of hydrogen-bond acceptors (Lipinski definition) is 4. The summed E-state index contributed by atoms with van der Waals surface area (Å²) >= 11 is 0. The molecule has 4 rings (SSSR count). The number of pyridine rings is 2. The van der Waals surface area contributed by atoms with Crippen LogP contribution in [0.2, 0.25) is 0 Å². The van der Waals surface area contributed by atoms with Crippen LogP contribution in [0.5, 0.6) is 0 Å². The van der Waals surface area contributed by atoms with E-state index >= 15 is 0 Å². The molecule has 0 saturated heterocycles. The molecule has 6 nitrogen and oxygen atoms in total. The molecule has 2 heterocycles. The van der Waals surface area contributed by atoms with Crippen molar-refractivity contribution in [2.24, 2.45) is 5.73 Å². The number of nitrogens with two attached hydrogens (primary N) is 1. The van der Waals surface area contributed by atoms with Crippen LogP contribution in [0.3, 0.4) is 0 Å². The zero-order valence-corrected chi connectivity index (χ0v) is 25.1. The molecule has 0 aliphatic rings. The van der Waals surface area contributed by atoms with Gasteiger partial charge in [-0.05, 0) is 0 Å². The van der Waals surface area contributed by atoms with Gasteiger partial charge in [0, 0.05) is 6.20 Å². The zero-order valence-electron chi connectivity index (χ0n) is 24.2. The van der Waals surface area contributed by atoms with Crippen LogP contribution in [0, 0.1) is 12.7 Å². The Morgan fingerprint density at radius 3 is 2.48 bits per heavy atom. The van der Waals surface area contributed by atoms with Crippen molar-refractivity contribution in [1.82, 2.24) is 15.3 Å². The van der Waals surface area contributed by atoms with E-state index in [0.29, 0.717) is 24.2 Å². The molecule has 0 aliphatic carbocycles. The Morgan fingerprint density at radius 1 is 1.10 bits per heavy atom. The number of carbonyl (C=O) groups excluding carboxylic acids is 1. The number of nitrogens with one attached hydrogen (secondary N) is 2. The van der Waals surface area contributed by atoms with Gasteiger partial charge in [0.15, 0.2) is 0 Å². The minimum absolute atomic E-state index is 0.255. The van der Waals surface area contributed by atoms with Gasteiger partial charge >= 0.3 is 220 Å². The summed E-state index contributed by atoms with van der Waals surface area (Å²) in [6, 6.07) is 16.0. The summed E-state index contributed by atoms with van der Waals surface area (Å²) in [6.07, 6.45) is 5.49. The number of fused-ring (bicyclic) bond motifs is 1. The second kappa shape index (κ2) is 11.3. The topological polar surface area (TPSA) is 92.9 Å². The molecule has 0 aliphatic heterocycles. The van der Waals surface area contributed by atoms with Gasteiger partial charge in [-0.3, -0.25) is 0 Å². The van der Waals surface area contributed by atoms with Crippen molar-refractivity contribution in [2.45, 2.75) is 27.2 Å². The number of carbonyl (C=O) groups is 1. The number of amides is 2. The van der Waals surface area contributed by atoms with Crippen LogP contribution in [-0.4, -0.2) is 48.7 Å². The van der Waals surface area contributed by atoms with Gasteiger partial charge in [-0.15, -0.1) is 0 Å². The summed E-state index contributed by atoms with van der Waals surface area (Å²) in [7, 11) is 0. The molecule has 0 fully saturated rings. The normalized spacial score (nSPS) is 13.1. The monoisotopic (exact) mass is 559 g/mol. The molecule has 4 aromatic rings. The zero-order chi connectivity index (χ0) is 29.1. The molecule has 0 atom stereocenters. The average Bonchev–Trinajstić information content (AvgIpc) is 2.91. The van der Waals surface area contributed by atoms with Gasteiger partial charge in [-0.1, -0.05) is 0 Å². The SMILES string of the molecule is C/C=C(\NCCc1cc(P(C)(C)(C)CC)c(C)c(-c2ccc(F)cc2)n1)c1cc(NC(N)=O)c2ncccc2c1. The number of urea groups is 1. The van der Waals surface area contributed by atoms with Crippen LogP contribution in [0.4, 0.5) is 14.9 Å². The number of halogens is 1. The van der Waals surface area contributed by atoms with Crippen molar-refractivity contribution in [2.75, 3.05) is 38.0 Å². The van der Waals surface area contributed by atoms with Crippen molar-refractivity contribution in [3.05, 3.63) is 89.5 Å². The van der Waals surface area contributed by atoms with E-state index in [2.05, 4.69) is 55.5 Å². The second-order valence-corrected chi connectivity index (χ2v) is 18.9. The maximum atomic E-state index is 13.7. The van der Waals surface area contributed by atoms with Gasteiger partial charge in [0.25, 0.3) is 0 Å². The molecule has 0 bridgehead atoms. The third kappa shape index (κ3) is 6.31. The average molecular weight is 560 g/mol. The first-order chi connectivity index (χ1) is 18.9. The van der Waals surface area contributed by atoms with E-state index in [-0.39, 0.29) is 5.82 Å². The standard InChI is InChI=1S/C32H39FN5OP/c1-7-27(24-18-23-10-9-16-36-31(23)28(19-24)38-32(34)39)35-17-15-26-20-29(40(4,5,6)8-2)21(3)30(37-26)22-11-13-25(33)14-12-22/h7,9-14,16,18-20,35H,8,15,17H2,1-6H3,(H3,34,38,39)/b27-7-. The number of rotatable bonds is 9. The minimum atomic E-state index is -2.15. The Bertz CT molecular complexity index is 1590. The quantitative estimate of drug-likeness (QED) is 0.204. The molecule has 8 heteroatoms. The van der Waals surface area contributed by atoms with E-state index in [1.807, 2.05) is 49.4 Å². The predicted molar refractivity (Wildman–Crippen MR) is 170 cm³/mol. The van der Waals surface area contributed by atoms with E-state index in [4.69, 9.17) is 10.7 Å². The van der Waals surface area contributed by atoms with Crippen molar-refractivity contribution in [3.8, 4) is 11.3 Å². The molecular formula is C32H39FN5OP. The Kier molecular flexibility index (Phi) is 8.27. The number of primary amides is 1. The van der Waals surface area contributed by atoms with E-state index in [1.54, 1.807) is 6.20 Å². The van der Waals surface area contributed by atoms with Crippen LogP contribution < -0.4 is 21.7 Å². The van der Waals surface area contributed by atoms with E-state index in [1.165, 1.54) is 23.0 Å². The van der Waals surface area contributed by atoms with Crippen LogP contribution in [-0.2, 0) is 6.42 Å². The predicted octanol–water partition coefficient (Wildman–Crippen LogP) is 6.52. The maximum absolute atomic E-state index is 13.7. The summed E-state index contributed by atoms with van der Waals surface area (Å²) in [5.74, 6) is -0.255. The van der Waals surface area contributed by atoms with Crippen molar-refractivity contribution in [1.29, 1.82) is 0 Å². The summed E-state index contributed by atoms with van der Waals surface area (Å²) in [5.41, 5.74) is 12.5. The Balaban J connectivity index is 1.65. The van der Waals surface area contributed by atoms with Crippen LogP contribution in [0.25, 0.3) is 27.9 Å². The number of anilines is 1. The Morgan fingerprint density at radius 2 is 1.82 bits per heavy atom. The van der Waals surface area contributed by atoms with Gasteiger partial charge in [-0.25, -0.2) is 4.79 Å². The Labute approximate surface area is 236 Å². The molecule has 40 heavy (non-hydrogen) atoms. The second-order valence-electron chi connectivity index (χ2n) is 11.5. The number of nitrogens with zero attached hydrogens (tertiary/aromatic N) is 2. The number of allylic oxidation sites excluding steroid dienone is 1. The van der Waals surface area contributed by atoms with Gasteiger partial charge in [0.1, 0.15) is 0 Å². The first-order valence-electron chi connectivity index (χ1n) is 13.5. The first kappa shape index (κ1) is 29.2. The molecule has 2 aromatic carbocycles. The van der Waals surface area contributed by atoms with Gasteiger partial charge in [0.2, 0.25) is 0 Å². The number of aromatic nitrogens is 2. The summed E-state index contributed by atoms with van der Waals surface area (Å²) < 4.78 is 13.7. The number of hydrogen-bond donors (Lipinski definition) is 3. The van der Waals surface area contributed by atoms with Gasteiger partial charge in [-0.2, -0.15) is 0 Å². The van der Waals surface area contributed by atoms with Crippen molar-refractivity contribution in [3.63, 3.8) is 0 Å². The Hall–Kier alpha value is -3.83. The molecular weight excluding hydrogens is 520 g/mol. The van der Waals surface area contributed by atoms with E-state index < -0.39 is 12.6 Å². The van der Waals surface area contributed by atoms with E-state index in [0.717, 1.165) is 39.8 Å². The molecule has 0 radical (unpaired) electrons. The number of benzene rings is 2. The molecule has 0 spiro atoms. The molecule has 4 N–H and O–H groups in total. The van der Waals surface area contributed by atoms with Gasteiger partial charge in [0.05, 0.1) is 0 Å². The van der Waals surface area contributed by atoms with E-state index in [9.17, 15) is 9.18 Å². The molecule has 2 aromatic heterocycles. The van der Waals surface area contributed by atoms with Crippen LogP contribution in [0.1, 0.15) is 30.7 Å². The third-order valence-electron chi connectivity index (χ3n) is 7.67. The molecule has 2 amide bonds. The molecule has 0 unspecified atom stereocenters.